The number of carbonyl (C=O) groups is 1. The zero-order chi connectivity index (χ0) is 26.5. The number of phenolic OH excluding ortho intramolecular Hbond substituents is 1. The molecule has 2 bridgehead atoms. The molecule has 1 aromatic heterocycles. The standard InChI is InChI=1S/C33H32N2O3S/c1-20(36)34-29-9-3-2-7-26(29)21-11-14-27-31(18-21)38-33-28(8-4-10-30(33)37)32(27)22-16-23-12-13-24(17-22)35(23)19-25-6-5-15-39-25/h2-11,14-15,18,22-24,32,37H,12-13,16-17,19H2,1H3,(H,34,36). The van der Waals surface area contributed by atoms with E-state index in [1.165, 1.54) is 30.2 Å². The molecule has 1 amide bonds. The van der Waals surface area contributed by atoms with Gasteiger partial charge in [0.15, 0.2) is 11.5 Å². The Morgan fingerprint density at radius 2 is 1.82 bits per heavy atom. The number of carbonyl (C=O) groups excluding carboxylic acids is 1. The van der Waals surface area contributed by atoms with Gasteiger partial charge in [-0.1, -0.05) is 48.5 Å². The SMILES string of the molecule is CC(=O)Nc1ccccc1-c1ccc2c(c1)Oc1c(O)cccc1C2C1CC2CCC(C1)N2Cc1cccs1. The summed E-state index contributed by atoms with van der Waals surface area (Å²) in [5.74, 6) is 2.10. The molecule has 5 nitrogen and oxygen atoms in total. The quantitative estimate of drug-likeness (QED) is 0.274. The number of aromatic hydroxyl groups is 1. The van der Waals surface area contributed by atoms with Crippen LogP contribution in [0.3, 0.4) is 0 Å². The van der Waals surface area contributed by atoms with Crippen LogP contribution in [0.2, 0.25) is 0 Å². The van der Waals surface area contributed by atoms with E-state index in [1.54, 1.807) is 6.07 Å². The van der Waals surface area contributed by atoms with E-state index in [0.29, 0.717) is 23.8 Å². The van der Waals surface area contributed by atoms with Crippen molar-refractivity contribution in [1.29, 1.82) is 0 Å². The predicted molar refractivity (Wildman–Crippen MR) is 156 cm³/mol. The maximum Gasteiger partial charge on any atom is 0.221 e. The van der Waals surface area contributed by atoms with E-state index in [2.05, 4.69) is 52.0 Å². The third-order valence-electron chi connectivity index (χ3n) is 8.78. The number of piperidine rings is 1. The summed E-state index contributed by atoms with van der Waals surface area (Å²) < 4.78 is 6.43. The fourth-order valence-corrected chi connectivity index (χ4v) is 7.91. The number of fused-ring (bicyclic) bond motifs is 4. The fourth-order valence-electron chi connectivity index (χ4n) is 7.19. The van der Waals surface area contributed by atoms with Gasteiger partial charge in [0.05, 0.1) is 0 Å². The van der Waals surface area contributed by atoms with E-state index in [1.807, 2.05) is 41.7 Å². The molecule has 3 aliphatic rings. The molecule has 0 radical (unpaired) electrons. The summed E-state index contributed by atoms with van der Waals surface area (Å²) in [6.45, 7) is 2.58. The first-order valence-corrected chi connectivity index (χ1v) is 14.7. The van der Waals surface area contributed by atoms with Gasteiger partial charge in [-0.15, -0.1) is 11.3 Å². The van der Waals surface area contributed by atoms with Crippen molar-refractivity contribution in [2.45, 2.75) is 57.2 Å². The first-order valence-electron chi connectivity index (χ1n) is 13.8. The third kappa shape index (κ3) is 4.42. The van der Waals surface area contributed by atoms with Gasteiger partial charge >= 0.3 is 0 Å². The lowest BCUT2D eigenvalue weighted by atomic mass is 9.72. The molecule has 39 heavy (non-hydrogen) atoms. The van der Waals surface area contributed by atoms with Gasteiger partial charge in [-0.2, -0.15) is 0 Å². The van der Waals surface area contributed by atoms with E-state index in [4.69, 9.17) is 4.74 Å². The van der Waals surface area contributed by atoms with Crippen molar-refractivity contribution < 1.29 is 14.6 Å². The zero-order valence-corrected chi connectivity index (χ0v) is 22.8. The molecule has 2 fully saturated rings. The molecule has 3 unspecified atom stereocenters. The summed E-state index contributed by atoms with van der Waals surface area (Å²) in [5.41, 5.74) is 4.96. The summed E-state index contributed by atoms with van der Waals surface area (Å²) in [7, 11) is 0. The summed E-state index contributed by atoms with van der Waals surface area (Å²) in [4.78, 5) is 16.0. The molecular weight excluding hydrogens is 504 g/mol. The Labute approximate surface area is 233 Å². The Balaban J connectivity index is 1.25. The number of para-hydroxylation sites is 2. The van der Waals surface area contributed by atoms with Crippen LogP contribution >= 0.6 is 11.3 Å². The number of rotatable bonds is 5. The van der Waals surface area contributed by atoms with E-state index >= 15 is 0 Å². The van der Waals surface area contributed by atoms with Gasteiger partial charge in [0.2, 0.25) is 5.91 Å². The van der Waals surface area contributed by atoms with Crippen LogP contribution in [0.25, 0.3) is 11.1 Å². The highest BCUT2D eigenvalue weighted by molar-refractivity contribution is 7.09. The molecule has 4 heterocycles. The van der Waals surface area contributed by atoms with Gasteiger partial charge in [-0.05, 0) is 66.8 Å². The number of thiophene rings is 1. The Morgan fingerprint density at radius 3 is 2.59 bits per heavy atom. The van der Waals surface area contributed by atoms with Crippen molar-refractivity contribution in [1.82, 2.24) is 4.90 Å². The van der Waals surface area contributed by atoms with Crippen molar-refractivity contribution in [2.24, 2.45) is 5.92 Å². The van der Waals surface area contributed by atoms with Crippen molar-refractivity contribution in [2.75, 3.05) is 5.32 Å². The second-order valence-corrected chi connectivity index (χ2v) is 12.2. The minimum atomic E-state index is -0.101. The molecule has 6 heteroatoms. The lowest BCUT2D eigenvalue weighted by molar-refractivity contribution is -0.114. The maximum atomic E-state index is 11.8. The van der Waals surface area contributed by atoms with Crippen LogP contribution in [0, 0.1) is 5.92 Å². The first-order chi connectivity index (χ1) is 19.0. The highest BCUT2D eigenvalue weighted by Crippen LogP contribution is 2.55. The number of nitrogens with one attached hydrogen (secondary N) is 1. The van der Waals surface area contributed by atoms with Gasteiger partial charge in [-0.25, -0.2) is 0 Å². The number of phenols is 1. The third-order valence-corrected chi connectivity index (χ3v) is 9.64. The van der Waals surface area contributed by atoms with Gasteiger partial charge in [0.1, 0.15) is 5.75 Å². The van der Waals surface area contributed by atoms with Gasteiger partial charge in [0.25, 0.3) is 0 Å². The summed E-state index contributed by atoms with van der Waals surface area (Å²) in [6, 6.07) is 25.6. The summed E-state index contributed by atoms with van der Waals surface area (Å²) in [5, 5.41) is 16.0. The smallest absolute Gasteiger partial charge is 0.221 e. The van der Waals surface area contributed by atoms with Gasteiger partial charge < -0.3 is 15.2 Å². The van der Waals surface area contributed by atoms with E-state index in [0.717, 1.165) is 47.5 Å². The van der Waals surface area contributed by atoms with Crippen molar-refractivity contribution in [3.63, 3.8) is 0 Å². The Kier molecular flexibility index (Phi) is 6.17. The number of amides is 1. The van der Waals surface area contributed by atoms with Crippen LogP contribution in [-0.2, 0) is 11.3 Å². The Hall–Kier alpha value is -3.61. The number of benzene rings is 3. The lowest BCUT2D eigenvalue weighted by Gasteiger charge is -2.43. The molecule has 3 aliphatic heterocycles. The van der Waals surface area contributed by atoms with Crippen molar-refractivity contribution in [3.8, 4) is 28.4 Å². The summed E-state index contributed by atoms with van der Waals surface area (Å²) >= 11 is 1.85. The Morgan fingerprint density at radius 1 is 1.00 bits per heavy atom. The monoisotopic (exact) mass is 536 g/mol. The minimum Gasteiger partial charge on any atom is -0.504 e. The maximum absolute atomic E-state index is 11.8. The molecule has 3 atom stereocenters. The first kappa shape index (κ1) is 24.4. The largest absolute Gasteiger partial charge is 0.504 e. The minimum absolute atomic E-state index is 0.101. The molecule has 4 aromatic rings. The number of ether oxygens (including phenoxy) is 1. The molecule has 2 N–H and O–H groups in total. The Bertz CT molecular complexity index is 1520. The van der Waals surface area contributed by atoms with E-state index in [-0.39, 0.29) is 17.6 Å². The fraction of sp³-hybridized carbons (Fsp3) is 0.303. The second-order valence-electron chi connectivity index (χ2n) is 11.1. The zero-order valence-electron chi connectivity index (χ0n) is 22.0. The highest BCUT2D eigenvalue weighted by atomic mass is 32.1. The molecule has 2 saturated heterocycles. The summed E-state index contributed by atoms with van der Waals surface area (Å²) in [6.07, 6.45) is 4.81. The predicted octanol–water partition coefficient (Wildman–Crippen LogP) is 7.76. The molecular formula is C33H32N2O3S. The van der Waals surface area contributed by atoms with Crippen LogP contribution in [0.15, 0.2) is 78.2 Å². The van der Waals surface area contributed by atoms with Crippen LogP contribution in [0.5, 0.6) is 17.2 Å². The molecule has 198 valence electrons. The highest BCUT2D eigenvalue weighted by Gasteiger charge is 2.45. The van der Waals surface area contributed by atoms with Crippen LogP contribution < -0.4 is 10.1 Å². The van der Waals surface area contributed by atoms with E-state index in [9.17, 15) is 9.90 Å². The van der Waals surface area contributed by atoms with Crippen molar-refractivity contribution >= 4 is 22.9 Å². The second kappa shape index (κ2) is 9.85. The number of hydrogen-bond donors (Lipinski definition) is 2. The molecule has 3 aromatic carbocycles. The van der Waals surface area contributed by atoms with Gasteiger partial charge in [-0.3, -0.25) is 9.69 Å². The van der Waals surface area contributed by atoms with E-state index < -0.39 is 0 Å². The molecule has 0 aliphatic carbocycles. The number of hydrogen-bond acceptors (Lipinski definition) is 5. The lowest BCUT2D eigenvalue weighted by Crippen LogP contribution is -2.43. The van der Waals surface area contributed by atoms with Crippen LogP contribution in [0.4, 0.5) is 5.69 Å². The average molecular weight is 537 g/mol. The van der Waals surface area contributed by atoms with Crippen LogP contribution in [-0.4, -0.2) is 28.0 Å². The molecule has 0 saturated carbocycles. The van der Waals surface area contributed by atoms with Gasteiger partial charge in [0, 0.05) is 58.7 Å². The molecule has 7 rings (SSSR count). The van der Waals surface area contributed by atoms with Crippen molar-refractivity contribution in [3.05, 3.63) is 94.2 Å². The molecule has 0 spiro atoms. The normalized spacial score (nSPS) is 23.5. The number of anilines is 1. The number of nitrogens with zero attached hydrogens (tertiary/aromatic N) is 1. The topological polar surface area (TPSA) is 61.8 Å². The van der Waals surface area contributed by atoms with Crippen LogP contribution in [0.1, 0.15) is 54.5 Å². The average Bonchev–Trinajstić information content (AvgIpc) is 3.52.